The van der Waals surface area contributed by atoms with Gasteiger partial charge in [0.1, 0.15) is 11.4 Å². The molecule has 1 aromatic carbocycles. The fourth-order valence-electron chi connectivity index (χ4n) is 3.89. The monoisotopic (exact) mass is 355 g/mol. The molecule has 3 saturated heterocycles. The van der Waals surface area contributed by atoms with E-state index in [9.17, 15) is 4.79 Å². The Morgan fingerprint density at radius 1 is 1.27 bits per heavy atom. The molecule has 0 aliphatic carbocycles. The standard InChI is InChI=1S/C19H25N5O2/c1-22-17(11-16(21-22)15-5-3-4-6-18(15)26-2)19(25)20-12-14-13-23-7-9-24(14)10-8-23/h3-6,11,14H,7-10,12-13H2,1-2H3,(H,20,25). The lowest BCUT2D eigenvalue weighted by Crippen LogP contribution is -2.63. The maximum Gasteiger partial charge on any atom is 0.269 e. The van der Waals surface area contributed by atoms with Gasteiger partial charge in [-0.2, -0.15) is 5.10 Å². The Morgan fingerprint density at radius 2 is 2.04 bits per heavy atom. The van der Waals surface area contributed by atoms with Crippen molar-refractivity contribution in [3.63, 3.8) is 0 Å². The molecule has 0 spiro atoms. The zero-order valence-corrected chi connectivity index (χ0v) is 15.3. The first-order valence-electron chi connectivity index (χ1n) is 9.08. The van der Waals surface area contributed by atoms with Crippen LogP contribution in [0, 0.1) is 0 Å². The normalized spacial score (nSPS) is 24.5. The Bertz CT molecular complexity index is 795. The molecule has 3 aliphatic rings. The van der Waals surface area contributed by atoms with Gasteiger partial charge in [-0.15, -0.1) is 0 Å². The molecule has 5 rings (SSSR count). The van der Waals surface area contributed by atoms with Gasteiger partial charge in [-0.3, -0.25) is 19.3 Å². The minimum atomic E-state index is -0.0844. The molecular formula is C19H25N5O2. The summed E-state index contributed by atoms with van der Waals surface area (Å²) in [6, 6.07) is 9.93. The molecule has 1 atom stereocenters. The van der Waals surface area contributed by atoms with E-state index in [-0.39, 0.29) is 5.91 Å². The molecule has 1 aromatic heterocycles. The highest BCUT2D eigenvalue weighted by atomic mass is 16.5. The van der Waals surface area contributed by atoms with E-state index < -0.39 is 0 Å². The van der Waals surface area contributed by atoms with Crippen molar-refractivity contribution in [2.24, 2.45) is 7.05 Å². The average molecular weight is 355 g/mol. The van der Waals surface area contributed by atoms with Crippen molar-refractivity contribution < 1.29 is 9.53 Å². The zero-order chi connectivity index (χ0) is 18.1. The van der Waals surface area contributed by atoms with Crippen LogP contribution in [0.15, 0.2) is 30.3 Å². The quantitative estimate of drug-likeness (QED) is 0.861. The van der Waals surface area contributed by atoms with Crippen molar-refractivity contribution in [2.45, 2.75) is 6.04 Å². The summed E-state index contributed by atoms with van der Waals surface area (Å²) in [4.78, 5) is 17.6. The van der Waals surface area contributed by atoms with Crippen molar-refractivity contribution in [3.05, 3.63) is 36.0 Å². The number of nitrogens with one attached hydrogen (secondary N) is 1. The van der Waals surface area contributed by atoms with Crippen LogP contribution in [0.4, 0.5) is 0 Å². The lowest BCUT2D eigenvalue weighted by Gasteiger charge is -2.47. The molecule has 1 N–H and O–H groups in total. The summed E-state index contributed by atoms with van der Waals surface area (Å²) >= 11 is 0. The Kier molecular flexibility index (Phi) is 4.65. The second-order valence-electron chi connectivity index (χ2n) is 6.94. The van der Waals surface area contributed by atoms with Gasteiger partial charge in [0, 0.05) is 57.9 Å². The molecule has 3 aliphatic heterocycles. The summed E-state index contributed by atoms with van der Waals surface area (Å²) in [6.07, 6.45) is 0. The Balaban J connectivity index is 1.46. The van der Waals surface area contributed by atoms with E-state index in [0.717, 1.165) is 49.7 Å². The molecule has 7 heteroatoms. The van der Waals surface area contributed by atoms with Crippen LogP contribution in [0.3, 0.4) is 0 Å². The van der Waals surface area contributed by atoms with Gasteiger partial charge in [-0.1, -0.05) is 12.1 Å². The van der Waals surface area contributed by atoms with Crippen LogP contribution in [-0.4, -0.2) is 77.9 Å². The summed E-state index contributed by atoms with van der Waals surface area (Å²) in [7, 11) is 3.43. The van der Waals surface area contributed by atoms with E-state index in [0.29, 0.717) is 18.3 Å². The SMILES string of the molecule is COc1ccccc1-c1cc(C(=O)NCC2CN3CCN2CC3)n(C)n1. The van der Waals surface area contributed by atoms with Gasteiger partial charge in [0.05, 0.1) is 12.8 Å². The Labute approximate surface area is 153 Å². The number of carbonyl (C=O) groups is 1. The van der Waals surface area contributed by atoms with Crippen LogP contribution in [0.1, 0.15) is 10.5 Å². The fourth-order valence-corrected chi connectivity index (χ4v) is 3.89. The van der Waals surface area contributed by atoms with Crippen LogP contribution >= 0.6 is 0 Å². The number of hydrogen-bond acceptors (Lipinski definition) is 5. The van der Waals surface area contributed by atoms with Gasteiger partial charge in [0.25, 0.3) is 5.91 Å². The van der Waals surface area contributed by atoms with Crippen LogP contribution in [0.5, 0.6) is 5.75 Å². The predicted octanol–water partition coefficient (Wildman–Crippen LogP) is 0.825. The van der Waals surface area contributed by atoms with E-state index in [4.69, 9.17) is 4.74 Å². The number of rotatable bonds is 5. The second-order valence-corrected chi connectivity index (χ2v) is 6.94. The number of nitrogens with zero attached hydrogens (tertiary/aromatic N) is 4. The Hall–Kier alpha value is -2.38. The average Bonchev–Trinajstić information content (AvgIpc) is 3.08. The number of amides is 1. The molecule has 7 nitrogen and oxygen atoms in total. The smallest absolute Gasteiger partial charge is 0.269 e. The van der Waals surface area contributed by atoms with Crippen molar-refractivity contribution in [1.29, 1.82) is 0 Å². The van der Waals surface area contributed by atoms with Gasteiger partial charge in [0.15, 0.2) is 0 Å². The highest BCUT2D eigenvalue weighted by molar-refractivity contribution is 5.93. The number of hydrogen-bond donors (Lipinski definition) is 1. The number of para-hydroxylation sites is 1. The minimum absolute atomic E-state index is 0.0844. The highest BCUT2D eigenvalue weighted by Gasteiger charge is 2.32. The second kappa shape index (κ2) is 7.09. The maximum atomic E-state index is 12.7. The van der Waals surface area contributed by atoms with Gasteiger partial charge < -0.3 is 10.1 Å². The molecule has 1 amide bonds. The lowest BCUT2D eigenvalue weighted by molar-refractivity contribution is 0.0138. The van der Waals surface area contributed by atoms with Crippen molar-refractivity contribution in [3.8, 4) is 17.0 Å². The van der Waals surface area contributed by atoms with Gasteiger partial charge in [0.2, 0.25) is 0 Å². The summed E-state index contributed by atoms with van der Waals surface area (Å²) in [5.41, 5.74) is 2.18. The molecule has 1 unspecified atom stereocenters. The molecular weight excluding hydrogens is 330 g/mol. The third-order valence-electron chi connectivity index (χ3n) is 5.39. The summed E-state index contributed by atoms with van der Waals surface area (Å²) < 4.78 is 7.04. The van der Waals surface area contributed by atoms with E-state index >= 15 is 0 Å². The lowest BCUT2D eigenvalue weighted by atomic mass is 10.1. The first kappa shape index (κ1) is 17.1. The molecule has 2 aromatic rings. The van der Waals surface area contributed by atoms with E-state index in [1.807, 2.05) is 30.3 Å². The summed E-state index contributed by atoms with van der Waals surface area (Å²) in [5.74, 6) is 0.663. The van der Waals surface area contributed by atoms with Crippen LogP contribution in [-0.2, 0) is 7.05 Å². The maximum absolute atomic E-state index is 12.7. The summed E-state index contributed by atoms with van der Waals surface area (Å²) in [5, 5.41) is 7.59. The number of ether oxygens (including phenoxy) is 1. The number of aromatic nitrogens is 2. The van der Waals surface area contributed by atoms with Crippen LogP contribution in [0.25, 0.3) is 11.3 Å². The van der Waals surface area contributed by atoms with E-state index in [1.165, 1.54) is 0 Å². The number of piperazine rings is 3. The van der Waals surface area contributed by atoms with Crippen LogP contribution in [0.2, 0.25) is 0 Å². The summed E-state index contributed by atoms with van der Waals surface area (Å²) in [6.45, 7) is 6.21. The van der Waals surface area contributed by atoms with Crippen molar-refractivity contribution in [1.82, 2.24) is 24.9 Å². The minimum Gasteiger partial charge on any atom is -0.496 e. The van der Waals surface area contributed by atoms with Crippen molar-refractivity contribution >= 4 is 5.91 Å². The third kappa shape index (κ3) is 3.20. The fraction of sp³-hybridized carbons (Fsp3) is 0.474. The molecule has 3 fully saturated rings. The molecule has 0 radical (unpaired) electrons. The van der Waals surface area contributed by atoms with Crippen molar-refractivity contribution in [2.75, 3.05) is 46.4 Å². The number of carbonyl (C=O) groups excluding carboxylic acids is 1. The number of benzene rings is 1. The highest BCUT2D eigenvalue weighted by Crippen LogP contribution is 2.28. The van der Waals surface area contributed by atoms with Gasteiger partial charge in [-0.05, 0) is 18.2 Å². The number of methoxy groups -OCH3 is 1. The molecule has 0 saturated carbocycles. The third-order valence-corrected chi connectivity index (χ3v) is 5.39. The predicted molar refractivity (Wildman–Crippen MR) is 99.3 cm³/mol. The zero-order valence-electron chi connectivity index (χ0n) is 15.3. The first-order chi connectivity index (χ1) is 12.7. The van der Waals surface area contributed by atoms with E-state index in [1.54, 1.807) is 18.8 Å². The van der Waals surface area contributed by atoms with Gasteiger partial charge >= 0.3 is 0 Å². The molecule has 26 heavy (non-hydrogen) atoms. The molecule has 2 bridgehead atoms. The first-order valence-corrected chi connectivity index (χ1v) is 9.08. The molecule has 138 valence electrons. The largest absolute Gasteiger partial charge is 0.496 e. The van der Waals surface area contributed by atoms with Crippen LogP contribution < -0.4 is 10.1 Å². The Morgan fingerprint density at radius 3 is 2.73 bits per heavy atom. The van der Waals surface area contributed by atoms with E-state index in [2.05, 4.69) is 20.2 Å². The number of aryl methyl sites for hydroxylation is 1. The molecule has 4 heterocycles. The van der Waals surface area contributed by atoms with Gasteiger partial charge in [-0.25, -0.2) is 0 Å². The topological polar surface area (TPSA) is 62.6 Å². The number of fused-ring (bicyclic) bond motifs is 3.